The first kappa shape index (κ1) is 24.5. The second kappa shape index (κ2) is 11.7. The Morgan fingerprint density at radius 3 is 1.64 bits per heavy atom. The zero-order valence-electron chi connectivity index (χ0n) is 18.9. The number of carbonyl (C=O) groups is 3. The van der Waals surface area contributed by atoms with E-state index >= 15 is 0 Å². The van der Waals surface area contributed by atoms with Crippen LogP contribution in [-0.4, -0.2) is 49.1 Å². The predicted molar refractivity (Wildman–Crippen MR) is 126 cm³/mol. The molecule has 1 saturated heterocycles. The molecule has 10 nitrogen and oxygen atoms in total. The van der Waals surface area contributed by atoms with E-state index in [4.69, 9.17) is 24.5 Å². The topological polar surface area (TPSA) is 137 Å². The molecule has 4 atom stereocenters. The van der Waals surface area contributed by atoms with Gasteiger partial charge >= 0.3 is 17.9 Å². The fourth-order valence-electron chi connectivity index (χ4n) is 3.60. The summed E-state index contributed by atoms with van der Waals surface area (Å²) in [5, 5.41) is 3.57. The monoisotopic (exact) mass is 487 g/mol. The van der Waals surface area contributed by atoms with Gasteiger partial charge in [0, 0.05) is 4.91 Å². The number of hydrogen-bond acceptors (Lipinski definition) is 8. The van der Waals surface area contributed by atoms with Gasteiger partial charge in [-0.2, -0.15) is 0 Å². The van der Waals surface area contributed by atoms with Gasteiger partial charge in [-0.1, -0.05) is 59.7 Å². The van der Waals surface area contributed by atoms with Gasteiger partial charge in [0.2, 0.25) is 0 Å². The smallest absolute Gasteiger partial charge is 0.338 e. The molecule has 1 aliphatic heterocycles. The van der Waals surface area contributed by atoms with Crippen molar-refractivity contribution in [3.8, 4) is 0 Å². The van der Waals surface area contributed by atoms with Crippen LogP contribution in [0.25, 0.3) is 10.4 Å². The summed E-state index contributed by atoms with van der Waals surface area (Å²) < 4.78 is 22.3. The van der Waals surface area contributed by atoms with E-state index in [-0.39, 0.29) is 17.7 Å². The fraction of sp³-hybridized carbons (Fsp3) is 0.192. The highest BCUT2D eigenvalue weighted by molar-refractivity contribution is 5.91. The Hall–Kier alpha value is -4.66. The largest absolute Gasteiger partial charge is 0.459 e. The van der Waals surface area contributed by atoms with Crippen LogP contribution in [0.4, 0.5) is 0 Å². The Bertz CT molecular complexity index is 1250. The van der Waals surface area contributed by atoms with Crippen molar-refractivity contribution < 1.29 is 33.3 Å². The summed E-state index contributed by atoms with van der Waals surface area (Å²) in [6, 6.07) is 24.6. The highest BCUT2D eigenvalue weighted by atomic mass is 16.7. The second-order valence-electron chi connectivity index (χ2n) is 7.71. The van der Waals surface area contributed by atoms with Crippen LogP contribution in [0.15, 0.2) is 96.1 Å². The van der Waals surface area contributed by atoms with Crippen LogP contribution in [0, 0.1) is 0 Å². The highest BCUT2D eigenvalue weighted by Gasteiger charge is 2.50. The second-order valence-corrected chi connectivity index (χ2v) is 7.71. The van der Waals surface area contributed by atoms with E-state index in [9.17, 15) is 14.4 Å². The Morgan fingerprint density at radius 2 is 1.17 bits per heavy atom. The summed E-state index contributed by atoms with van der Waals surface area (Å²) in [5.41, 5.74) is 9.84. The predicted octanol–water partition coefficient (Wildman–Crippen LogP) is 4.33. The number of azide groups is 1. The van der Waals surface area contributed by atoms with E-state index in [1.165, 1.54) is 0 Å². The SMILES string of the molecule is [N-]=[N+]=N[C@@H]1O[C@H](COC(=O)c2ccccc2)[C@@H](OC(=O)c2ccccc2)[C@@H]1OC(=O)c1ccccc1. The molecule has 0 aromatic heterocycles. The summed E-state index contributed by atoms with van der Waals surface area (Å²) in [7, 11) is 0. The van der Waals surface area contributed by atoms with Crippen LogP contribution in [0.3, 0.4) is 0 Å². The Kier molecular flexibility index (Phi) is 7.92. The number of rotatable bonds is 8. The maximum absolute atomic E-state index is 12.8. The molecule has 0 amide bonds. The van der Waals surface area contributed by atoms with E-state index in [2.05, 4.69) is 10.0 Å². The molecule has 0 bridgehead atoms. The standard InChI is InChI=1S/C26H21N3O7/c27-29-28-23-22(36-26(32)19-14-8-3-9-15-19)21(35-25(31)18-12-6-2-7-13-18)20(34-23)16-33-24(30)17-10-4-1-5-11-17/h1-15,20-23H,16H2/t20-,21-,22+,23-/m1/s1. The van der Waals surface area contributed by atoms with Crippen molar-refractivity contribution in [3.63, 3.8) is 0 Å². The average molecular weight is 487 g/mol. The number of carbonyl (C=O) groups excluding carboxylic acids is 3. The molecule has 1 heterocycles. The molecule has 182 valence electrons. The first-order valence-electron chi connectivity index (χ1n) is 11.0. The van der Waals surface area contributed by atoms with Crippen molar-refractivity contribution in [2.24, 2.45) is 5.11 Å². The van der Waals surface area contributed by atoms with E-state index in [0.29, 0.717) is 5.56 Å². The third-order valence-electron chi connectivity index (χ3n) is 5.34. The average Bonchev–Trinajstić information content (AvgIpc) is 3.24. The number of nitrogens with zero attached hydrogens (tertiary/aromatic N) is 3. The molecular weight excluding hydrogens is 466 g/mol. The van der Waals surface area contributed by atoms with Crippen molar-refractivity contribution in [1.29, 1.82) is 0 Å². The molecule has 0 radical (unpaired) electrons. The van der Waals surface area contributed by atoms with Crippen LogP contribution in [0.2, 0.25) is 0 Å². The van der Waals surface area contributed by atoms with Gasteiger partial charge in [-0.25, -0.2) is 14.4 Å². The summed E-state index contributed by atoms with van der Waals surface area (Å²) in [4.78, 5) is 40.8. The number of esters is 3. The minimum Gasteiger partial charge on any atom is -0.459 e. The van der Waals surface area contributed by atoms with E-state index in [0.717, 1.165) is 0 Å². The Balaban J connectivity index is 1.58. The lowest BCUT2D eigenvalue weighted by atomic mass is 10.1. The van der Waals surface area contributed by atoms with Crippen LogP contribution < -0.4 is 0 Å². The van der Waals surface area contributed by atoms with Gasteiger partial charge in [-0.15, -0.1) is 0 Å². The lowest BCUT2D eigenvalue weighted by molar-refractivity contribution is -0.0445. The summed E-state index contributed by atoms with van der Waals surface area (Å²) in [6.07, 6.45) is -4.92. The quantitative estimate of drug-likeness (QED) is 0.152. The van der Waals surface area contributed by atoms with Crippen molar-refractivity contribution >= 4 is 17.9 Å². The van der Waals surface area contributed by atoms with Crippen LogP contribution in [0.5, 0.6) is 0 Å². The van der Waals surface area contributed by atoms with E-state index in [1.807, 2.05) is 0 Å². The van der Waals surface area contributed by atoms with E-state index in [1.54, 1.807) is 91.0 Å². The highest BCUT2D eigenvalue weighted by Crippen LogP contribution is 2.30. The van der Waals surface area contributed by atoms with Crippen LogP contribution in [0.1, 0.15) is 31.1 Å². The van der Waals surface area contributed by atoms with Crippen LogP contribution in [-0.2, 0) is 18.9 Å². The first-order valence-corrected chi connectivity index (χ1v) is 11.0. The van der Waals surface area contributed by atoms with E-state index < -0.39 is 42.4 Å². The maximum Gasteiger partial charge on any atom is 0.338 e. The Labute approximate surface area is 206 Å². The molecule has 0 spiro atoms. The molecule has 3 aromatic carbocycles. The number of hydrogen-bond donors (Lipinski definition) is 0. The lowest BCUT2D eigenvalue weighted by Gasteiger charge is -2.23. The van der Waals surface area contributed by atoms with Gasteiger partial charge in [-0.3, -0.25) is 0 Å². The summed E-state index contributed by atoms with van der Waals surface area (Å²) in [6.45, 7) is -0.350. The zero-order valence-corrected chi connectivity index (χ0v) is 18.9. The molecule has 1 aliphatic rings. The Morgan fingerprint density at radius 1 is 0.722 bits per heavy atom. The molecule has 4 rings (SSSR count). The van der Waals surface area contributed by atoms with Crippen LogP contribution >= 0.6 is 0 Å². The first-order chi connectivity index (χ1) is 17.6. The number of ether oxygens (including phenoxy) is 4. The molecule has 0 saturated carbocycles. The molecule has 0 aliphatic carbocycles. The van der Waals surface area contributed by atoms with Crippen molar-refractivity contribution in [1.82, 2.24) is 0 Å². The third kappa shape index (κ3) is 5.87. The fourth-order valence-corrected chi connectivity index (χ4v) is 3.60. The minimum absolute atomic E-state index is 0.240. The third-order valence-corrected chi connectivity index (χ3v) is 5.34. The van der Waals surface area contributed by atoms with Crippen molar-refractivity contribution in [2.45, 2.75) is 24.5 Å². The molecule has 10 heteroatoms. The van der Waals surface area contributed by atoms with Gasteiger partial charge in [0.25, 0.3) is 0 Å². The normalized spacial score (nSPS) is 20.6. The molecule has 3 aromatic rings. The van der Waals surface area contributed by atoms with Crippen molar-refractivity contribution in [2.75, 3.05) is 6.61 Å². The van der Waals surface area contributed by atoms with Gasteiger partial charge in [0.15, 0.2) is 18.4 Å². The number of benzene rings is 3. The molecular formula is C26H21N3O7. The maximum atomic E-state index is 12.8. The van der Waals surface area contributed by atoms with Gasteiger partial charge in [0.05, 0.1) is 16.7 Å². The summed E-state index contributed by atoms with van der Waals surface area (Å²) in [5.74, 6) is -2.08. The van der Waals surface area contributed by atoms with Gasteiger partial charge < -0.3 is 18.9 Å². The summed E-state index contributed by atoms with van der Waals surface area (Å²) >= 11 is 0. The molecule has 1 fully saturated rings. The lowest BCUT2D eigenvalue weighted by Crippen LogP contribution is -2.41. The molecule has 36 heavy (non-hydrogen) atoms. The molecule has 0 unspecified atom stereocenters. The van der Waals surface area contributed by atoms with Gasteiger partial charge in [-0.05, 0) is 41.9 Å². The zero-order chi connectivity index (χ0) is 25.3. The minimum atomic E-state index is -1.32. The molecule has 0 N–H and O–H groups in total. The van der Waals surface area contributed by atoms with Crippen molar-refractivity contribution in [3.05, 3.63) is 118 Å². The van der Waals surface area contributed by atoms with Gasteiger partial charge in [0.1, 0.15) is 12.7 Å².